The average molecular weight is 485 g/mol. The Labute approximate surface area is 199 Å². The van der Waals surface area contributed by atoms with Crippen LogP contribution in [0.1, 0.15) is 24.5 Å². The molecular formula is C22H24FN7O5. The standard InChI is InChI=1S/C20H22FN7O.C2H2O4/c1-28-8-5-11(6-9-28)14-10-15(27-20(23)26-14)18-16(29)3-2-13(25-18)12-4-7-24-19(22)17(12)21;3-1(4)2(5)6/h2-4,7,10-11,29H,5-6,8-9H2,1H3,(H2,22,24)(H2,23,26,27);(H,3,4)(H,5,6). The monoisotopic (exact) mass is 485 g/mol. The van der Waals surface area contributed by atoms with Gasteiger partial charge in [0.25, 0.3) is 0 Å². The fourth-order valence-corrected chi connectivity index (χ4v) is 3.57. The Hall–Kier alpha value is -4.39. The fraction of sp³-hybridized carbons (Fsp3) is 0.273. The molecular weight excluding hydrogens is 461 g/mol. The van der Waals surface area contributed by atoms with Crippen LogP contribution in [-0.4, -0.2) is 72.2 Å². The number of pyridine rings is 2. The number of piperidine rings is 1. The molecule has 0 bridgehead atoms. The van der Waals surface area contributed by atoms with E-state index >= 15 is 0 Å². The highest BCUT2D eigenvalue weighted by Crippen LogP contribution is 2.34. The third-order valence-corrected chi connectivity index (χ3v) is 5.39. The van der Waals surface area contributed by atoms with Crippen LogP contribution < -0.4 is 11.5 Å². The van der Waals surface area contributed by atoms with E-state index in [1.807, 2.05) is 0 Å². The molecule has 0 radical (unpaired) electrons. The van der Waals surface area contributed by atoms with E-state index in [-0.39, 0.29) is 34.7 Å². The summed E-state index contributed by atoms with van der Waals surface area (Å²) in [6.07, 6.45) is 3.34. The lowest BCUT2D eigenvalue weighted by atomic mass is 9.93. The zero-order valence-corrected chi connectivity index (χ0v) is 18.7. The number of nitrogens with zero attached hydrogens (tertiary/aromatic N) is 5. The molecule has 0 atom stereocenters. The highest BCUT2D eigenvalue weighted by Gasteiger charge is 2.22. The van der Waals surface area contributed by atoms with Gasteiger partial charge in [0.1, 0.15) is 11.4 Å². The SMILES string of the molecule is CN1CCC(c2cc(-c3nc(-c4ccnc(N)c4F)ccc3O)nc(N)n2)CC1.O=C(O)C(=O)O. The molecule has 1 fully saturated rings. The predicted octanol–water partition coefficient (Wildman–Crippen LogP) is 1.57. The summed E-state index contributed by atoms with van der Waals surface area (Å²) in [6.45, 7) is 1.96. The Morgan fingerprint density at radius 1 is 1.03 bits per heavy atom. The number of aromatic hydroxyl groups is 1. The second-order valence-corrected chi connectivity index (χ2v) is 7.85. The van der Waals surface area contributed by atoms with E-state index in [2.05, 4.69) is 31.9 Å². The first-order valence-corrected chi connectivity index (χ1v) is 10.5. The number of aliphatic carboxylic acids is 2. The predicted molar refractivity (Wildman–Crippen MR) is 124 cm³/mol. The largest absolute Gasteiger partial charge is 0.506 e. The summed E-state index contributed by atoms with van der Waals surface area (Å²) in [7, 11) is 2.09. The first kappa shape index (κ1) is 25.2. The van der Waals surface area contributed by atoms with Gasteiger partial charge in [-0.15, -0.1) is 0 Å². The summed E-state index contributed by atoms with van der Waals surface area (Å²) in [4.78, 5) is 37.3. The quantitative estimate of drug-likeness (QED) is 0.336. The van der Waals surface area contributed by atoms with Crippen molar-refractivity contribution in [3.63, 3.8) is 0 Å². The number of anilines is 2. The van der Waals surface area contributed by atoms with E-state index in [1.165, 1.54) is 24.4 Å². The molecule has 184 valence electrons. The number of carboxylic acids is 2. The zero-order chi connectivity index (χ0) is 25.7. The lowest BCUT2D eigenvalue weighted by Crippen LogP contribution is -2.29. The molecule has 7 N–H and O–H groups in total. The van der Waals surface area contributed by atoms with E-state index in [1.54, 1.807) is 6.07 Å². The molecule has 0 aliphatic carbocycles. The minimum Gasteiger partial charge on any atom is -0.506 e. The van der Waals surface area contributed by atoms with Crippen molar-refractivity contribution in [2.24, 2.45) is 0 Å². The van der Waals surface area contributed by atoms with Gasteiger partial charge in [-0.05, 0) is 57.2 Å². The lowest BCUT2D eigenvalue weighted by molar-refractivity contribution is -0.159. The number of aromatic nitrogens is 4. The molecule has 12 nitrogen and oxygen atoms in total. The van der Waals surface area contributed by atoms with Crippen molar-refractivity contribution in [3.8, 4) is 28.4 Å². The van der Waals surface area contributed by atoms with Crippen molar-refractivity contribution in [2.75, 3.05) is 31.6 Å². The number of likely N-dealkylation sites (tertiary alicyclic amines) is 1. The maximum Gasteiger partial charge on any atom is 0.414 e. The Bertz CT molecular complexity index is 1240. The maximum absolute atomic E-state index is 14.4. The van der Waals surface area contributed by atoms with Gasteiger partial charge in [0.05, 0.1) is 11.4 Å². The summed E-state index contributed by atoms with van der Waals surface area (Å²) in [5.41, 5.74) is 13.4. The number of rotatable bonds is 3. The van der Waals surface area contributed by atoms with Crippen LogP contribution in [-0.2, 0) is 9.59 Å². The van der Waals surface area contributed by atoms with Gasteiger partial charge in [-0.3, -0.25) is 0 Å². The summed E-state index contributed by atoms with van der Waals surface area (Å²) in [5.74, 6) is -4.23. The topological polar surface area (TPSA) is 202 Å². The number of nitrogens with two attached hydrogens (primary N) is 2. The molecule has 4 heterocycles. The minimum absolute atomic E-state index is 0.0800. The molecule has 4 rings (SSSR count). The Morgan fingerprint density at radius 2 is 1.69 bits per heavy atom. The lowest BCUT2D eigenvalue weighted by Gasteiger charge is -2.28. The highest BCUT2D eigenvalue weighted by molar-refractivity contribution is 6.27. The van der Waals surface area contributed by atoms with Gasteiger partial charge >= 0.3 is 11.9 Å². The van der Waals surface area contributed by atoms with Crippen LogP contribution in [0.2, 0.25) is 0 Å². The van der Waals surface area contributed by atoms with E-state index in [0.717, 1.165) is 31.6 Å². The van der Waals surface area contributed by atoms with E-state index < -0.39 is 17.8 Å². The third kappa shape index (κ3) is 6.14. The zero-order valence-electron chi connectivity index (χ0n) is 18.7. The van der Waals surface area contributed by atoms with Crippen molar-refractivity contribution in [1.29, 1.82) is 0 Å². The van der Waals surface area contributed by atoms with Gasteiger partial charge in [-0.25, -0.2) is 33.9 Å². The summed E-state index contributed by atoms with van der Waals surface area (Å²) in [5, 5.41) is 25.2. The maximum atomic E-state index is 14.4. The van der Waals surface area contributed by atoms with Gasteiger partial charge in [-0.2, -0.15) is 0 Å². The molecule has 0 aromatic carbocycles. The van der Waals surface area contributed by atoms with Crippen molar-refractivity contribution in [1.82, 2.24) is 24.8 Å². The highest BCUT2D eigenvalue weighted by atomic mass is 19.1. The van der Waals surface area contributed by atoms with Crippen LogP contribution in [0.5, 0.6) is 5.75 Å². The number of carboxylic acid groups (broad SMARTS) is 2. The molecule has 0 spiro atoms. The number of nitrogen functional groups attached to an aromatic ring is 2. The first-order valence-electron chi connectivity index (χ1n) is 10.5. The van der Waals surface area contributed by atoms with Gasteiger partial charge in [-0.1, -0.05) is 0 Å². The van der Waals surface area contributed by atoms with Gasteiger partial charge < -0.3 is 31.7 Å². The summed E-state index contributed by atoms with van der Waals surface area (Å²) < 4.78 is 14.4. The molecule has 0 saturated carbocycles. The van der Waals surface area contributed by atoms with Crippen molar-refractivity contribution in [2.45, 2.75) is 18.8 Å². The molecule has 0 amide bonds. The van der Waals surface area contributed by atoms with Crippen molar-refractivity contribution in [3.05, 3.63) is 42.0 Å². The van der Waals surface area contributed by atoms with E-state index in [9.17, 15) is 9.50 Å². The number of hydrogen-bond acceptors (Lipinski definition) is 10. The van der Waals surface area contributed by atoms with Crippen LogP contribution in [0, 0.1) is 5.82 Å². The molecule has 1 aliphatic rings. The van der Waals surface area contributed by atoms with Crippen molar-refractivity contribution < 1.29 is 29.3 Å². The Balaban J connectivity index is 0.000000509. The summed E-state index contributed by atoms with van der Waals surface area (Å²) in [6, 6.07) is 6.24. The summed E-state index contributed by atoms with van der Waals surface area (Å²) >= 11 is 0. The van der Waals surface area contributed by atoms with Crippen LogP contribution in [0.4, 0.5) is 16.2 Å². The third-order valence-electron chi connectivity index (χ3n) is 5.39. The molecule has 3 aromatic rings. The van der Waals surface area contributed by atoms with Gasteiger partial charge in [0.2, 0.25) is 5.95 Å². The van der Waals surface area contributed by atoms with Gasteiger partial charge in [0.15, 0.2) is 11.6 Å². The van der Waals surface area contributed by atoms with Crippen LogP contribution in [0.15, 0.2) is 30.5 Å². The van der Waals surface area contributed by atoms with Crippen LogP contribution in [0.25, 0.3) is 22.6 Å². The number of hydrogen-bond donors (Lipinski definition) is 5. The van der Waals surface area contributed by atoms with Crippen LogP contribution in [0.3, 0.4) is 0 Å². The van der Waals surface area contributed by atoms with E-state index in [4.69, 9.17) is 31.3 Å². The molecule has 13 heteroatoms. The Morgan fingerprint density at radius 3 is 2.31 bits per heavy atom. The first-order chi connectivity index (χ1) is 16.6. The van der Waals surface area contributed by atoms with Gasteiger partial charge in [0, 0.05) is 23.4 Å². The number of carbonyl (C=O) groups is 2. The normalized spacial score (nSPS) is 14.1. The number of halogens is 1. The van der Waals surface area contributed by atoms with E-state index in [0.29, 0.717) is 11.4 Å². The Kier molecular flexibility index (Phi) is 7.71. The molecule has 35 heavy (non-hydrogen) atoms. The molecule has 1 aliphatic heterocycles. The molecule has 1 saturated heterocycles. The van der Waals surface area contributed by atoms with Crippen molar-refractivity contribution >= 4 is 23.7 Å². The average Bonchev–Trinajstić information content (AvgIpc) is 2.82. The second kappa shape index (κ2) is 10.7. The molecule has 3 aromatic heterocycles. The fourth-order valence-electron chi connectivity index (χ4n) is 3.57. The second-order valence-electron chi connectivity index (χ2n) is 7.85. The van der Waals surface area contributed by atoms with Crippen LogP contribution >= 0.6 is 0 Å². The minimum atomic E-state index is -1.82. The molecule has 0 unspecified atom stereocenters. The smallest absolute Gasteiger partial charge is 0.414 e.